The van der Waals surface area contributed by atoms with Crippen molar-refractivity contribution in [3.05, 3.63) is 69.7 Å². The van der Waals surface area contributed by atoms with Crippen molar-refractivity contribution < 1.29 is 58.0 Å². The topological polar surface area (TPSA) is 324 Å². The van der Waals surface area contributed by atoms with Crippen LogP contribution in [0.4, 0.5) is 19.0 Å². The number of nitrogens with zero attached hydrogens (tertiary/aromatic N) is 11. The highest BCUT2D eigenvalue weighted by Gasteiger charge is 2.48. The Balaban J connectivity index is 0.000000134. The number of anilines is 1. The van der Waals surface area contributed by atoms with Gasteiger partial charge in [-0.1, -0.05) is 0 Å². The maximum Gasteiger partial charge on any atom is 0.294 e. The molecule has 0 radical (unpaired) electrons. The van der Waals surface area contributed by atoms with Crippen LogP contribution >= 0.6 is 0 Å². The number of aliphatic hydroxyl groups is 6. The zero-order valence-electron chi connectivity index (χ0n) is 31.3. The van der Waals surface area contributed by atoms with Gasteiger partial charge in [-0.2, -0.15) is 15.3 Å². The summed E-state index contributed by atoms with van der Waals surface area (Å²) in [6.07, 6.45) is -9.89. The Morgan fingerprint density at radius 2 is 1.12 bits per heavy atom. The number of H-pyrrole nitrogens is 1. The monoisotopic (exact) mass is 835 g/mol. The number of hydrogen-bond donors (Lipinski definition) is 8. The van der Waals surface area contributed by atoms with Gasteiger partial charge >= 0.3 is 0 Å². The number of rotatable bonds is 6. The van der Waals surface area contributed by atoms with Gasteiger partial charge in [-0.25, -0.2) is 51.6 Å². The van der Waals surface area contributed by atoms with E-state index in [-0.39, 0.29) is 17.2 Å². The van der Waals surface area contributed by atoms with E-state index in [1.807, 2.05) is 0 Å². The molecule has 6 aromatic heterocycles. The molecule has 0 aromatic carbocycles. The van der Waals surface area contributed by atoms with Gasteiger partial charge in [0, 0.05) is 0 Å². The number of aromatic amines is 1. The number of fused-ring (bicyclic) bond motifs is 3. The van der Waals surface area contributed by atoms with E-state index in [1.165, 1.54) is 38.5 Å². The van der Waals surface area contributed by atoms with Gasteiger partial charge in [-0.3, -0.25) is 4.79 Å². The van der Waals surface area contributed by atoms with Crippen LogP contribution < -0.4 is 11.3 Å². The highest BCUT2D eigenvalue weighted by Crippen LogP contribution is 2.38. The Kier molecular flexibility index (Phi) is 11.9. The molecule has 0 unspecified atom stereocenters. The molecule has 3 aliphatic heterocycles. The fourth-order valence-electron chi connectivity index (χ4n) is 6.91. The SMILES string of the molecule is Cc1nc(N)c2ncc([C@@H]3O[C@H](CO)[C@@H](O)[C@H]3F)n2n1.Cc1ncnn2c([C@@H]3O[C@H](CO)[C@@H](O)[C@H]3F)cnc12.Cc1nn2c([C@@H]3O[C@H](CO)[C@@H](O)[C@H]3F)cnc2c(=O)[nH]1. The first-order chi connectivity index (χ1) is 28.2. The molecule has 0 amide bonds. The largest absolute Gasteiger partial charge is 0.394 e. The van der Waals surface area contributed by atoms with Crippen LogP contribution in [0.5, 0.6) is 0 Å². The molecule has 9 heterocycles. The number of nitrogen functional groups attached to an aromatic ring is 1. The van der Waals surface area contributed by atoms with Crippen molar-refractivity contribution in [3.8, 4) is 0 Å². The maximum atomic E-state index is 14.1. The van der Waals surface area contributed by atoms with Crippen molar-refractivity contribution in [2.24, 2.45) is 0 Å². The van der Waals surface area contributed by atoms with E-state index in [2.05, 4.69) is 45.2 Å². The summed E-state index contributed by atoms with van der Waals surface area (Å²) in [4.78, 5) is 34.2. The van der Waals surface area contributed by atoms with Crippen molar-refractivity contribution in [1.82, 2.24) is 58.7 Å². The van der Waals surface area contributed by atoms with Crippen molar-refractivity contribution in [1.29, 1.82) is 0 Å². The molecule has 9 N–H and O–H groups in total. The number of hydrogen-bond acceptors (Lipinski definition) is 19. The summed E-state index contributed by atoms with van der Waals surface area (Å²) in [5.74, 6) is 0.924. The number of nitrogens with one attached hydrogen (secondary N) is 1. The van der Waals surface area contributed by atoms with Crippen LogP contribution in [0.15, 0.2) is 29.7 Å². The van der Waals surface area contributed by atoms with Gasteiger partial charge < -0.3 is 55.6 Å². The predicted octanol–water partition coefficient (Wildman–Crippen LogP) is -2.43. The van der Waals surface area contributed by atoms with E-state index in [0.717, 1.165) is 0 Å². The summed E-state index contributed by atoms with van der Waals surface area (Å²) < 4.78 is 62.1. The van der Waals surface area contributed by atoms with Crippen molar-refractivity contribution in [2.45, 2.75) is 94.2 Å². The second-order valence-electron chi connectivity index (χ2n) is 13.8. The van der Waals surface area contributed by atoms with E-state index in [0.29, 0.717) is 40.0 Å². The molecule has 12 atom stereocenters. The third-order valence-electron chi connectivity index (χ3n) is 9.91. The Morgan fingerprint density at radius 1 is 0.678 bits per heavy atom. The minimum absolute atomic E-state index is 0.0170. The van der Waals surface area contributed by atoms with Crippen LogP contribution in [0.3, 0.4) is 0 Å². The zero-order valence-corrected chi connectivity index (χ0v) is 31.3. The number of alkyl halides is 3. The van der Waals surface area contributed by atoms with Crippen molar-refractivity contribution in [3.63, 3.8) is 0 Å². The quantitative estimate of drug-likeness (QED) is 0.0864. The lowest BCUT2D eigenvalue weighted by atomic mass is 10.1. The van der Waals surface area contributed by atoms with Gasteiger partial charge in [0.1, 0.15) is 72.9 Å². The molecule has 0 spiro atoms. The van der Waals surface area contributed by atoms with E-state index >= 15 is 0 Å². The molecule has 3 fully saturated rings. The Morgan fingerprint density at radius 3 is 1.59 bits per heavy atom. The normalized spacial score (nSPS) is 30.5. The molecule has 6 aromatic rings. The highest BCUT2D eigenvalue weighted by molar-refractivity contribution is 5.59. The molecular formula is C33H40F3N13O10. The van der Waals surface area contributed by atoms with Crippen molar-refractivity contribution >= 4 is 22.8 Å². The van der Waals surface area contributed by atoms with Crippen LogP contribution in [0, 0.1) is 20.8 Å². The third kappa shape index (κ3) is 7.57. The second kappa shape index (κ2) is 16.7. The first-order valence-electron chi connectivity index (χ1n) is 18.0. The first-order valence-corrected chi connectivity index (χ1v) is 18.0. The van der Waals surface area contributed by atoms with Crippen LogP contribution in [-0.4, -0.2) is 164 Å². The minimum Gasteiger partial charge on any atom is -0.394 e. The molecule has 59 heavy (non-hydrogen) atoms. The molecule has 9 rings (SSSR count). The molecule has 0 saturated carbocycles. The summed E-state index contributed by atoms with van der Waals surface area (Å²) in [5, 5.41) is 68.2. The van der Waals surface area contributed by atoms with Crippen LogP contribution in [0.1, 0.15) is 52.7 Å². The number of aliphatic hydroxyl groups excluding tert-OH is 6. The summed E-state index contributed by atoms with van der Waals surface area (Å²) >= 11 is 0. The lowest BCUT2D eigenvalue weighted by molar-refractivity contribution is -0.0241. The molecule has 3 aliphatic rings. The third-order valence-corrected chi connectivity index (χ3v) is 9.91. The molecule has 0 bridgehead atoms. The number of imidazole rings is 3. The van der Waals surface area contributed by atoms with E-state index in [9.17, 15) is 33.3 Å². The van der Waals surface area contributed by atoms with E-state index in [1.54, 1.807) is 20.8 Å². The Hall–Kier alpha value is -5.32. The van der Waals surface area contributed by atoms with Gasteiger partial charge in [0.2, 0.25) is 5.65 Å². The molecular weight excluding hydrogens is 795 g/mol. The molecule has 3 saturated heterocycles. The first kappa shape index (κ1) is 41.8. The summed E-state index contributed by atoms with van der Waals surface area (Å²) in [7, 11) is 0. The molecule has 23 nitrogen and oxygen atoms in total. The van der Waals surface area contributed by atoms with Gasteiger partial charge in [-0.15, -0.1) is 0 Å². The van der Waals surface area contributed by atoms with E-state index in [4.69, 9.17) is 35.3 Å². The fraction of sp³-hybridized carbons (Fsp3) is 0.545. The predicted molar refractivity (Wildman–Crippen MR) is 191 cm³/mol. The van der Waals surface area contributed by atoms with E-state index < -0.39 is 98.8 Å². The smallest absolute Gasteiger partial charge is 0.294 e. The molecule has 318 valence electrons. The van der Waals surface area contributed by atoms with Gasteiger partial charge in [0.05, 0.1) is 61.2 Å². The molecule has 0 aliphatic carbocycles. The summed E-state index contributed by atoms with van der Waals surface area (Å²) in [6, 6.07) is 0. The Bertz CT molecular complexity index is 2490. The van der Waals surface area contributed by atoms with Gasteiger partial charge in [0.15, 0.2) is 35.6 Å². The highest BCUT2D eigenvalue weighted by atomic mass is 19.1. The summed E-state index contributed by atoms with van der Waals surface area (Å²) in [5.41, 5.74) is 7.69. The van der Waals surface area contributed by atoms with Gasteiger partial charge in [0.25, 0.3) is 5.56 Å². The average Bonchev–Trinajstić information content (AvgIpc) is 4.07. The lowest BCUT2D eigenvalue weighted by Gasteiger charge is -2.12. The number of aryl methyl sites for hydroxylation is 3. The van der Waals surface area contributed by atoms with Gasteiger partial charge in [-0.05, 0) is 20.8 Å². The average molecular weight is 836 g/mol. The second-order valence-corrected chi connectivity index (χ2v) is 13.8. The number of nitrogens with two attached hydrogens (primary N) is 1. The van der Waals surface area contributed by atoms with Crippen molar-refractivity contribution in [2.75, 3.05) is 25.6 Å². The zero-order chi connectivity index (χ0) is 42.4. The molecule has 26 heteroatoms. The van der Waals surface area contributed by atoms with Crippen LogP contribution in [0.2, 0.25) is 0 Å². The maximum absolute atomic E-state index is 14.1. The number of ether oxygens (including phenoxy) is 3. The standard InChI is InChI=1S/C11H14FN5O3.C11H13FN4O4.C11H13FN4O3/c1-4-15-10(13)11-14-2-5(17(11)16-4)9-7(12)8(19)6(3-18)20-9;1-4-14-11(19)10-13-2-5(16(10)15-4)9-7(12)8(18)6(3-17)20-9;1-5-11-13-2-6(16(11)15-4-14-5)10-8(12)9(18)7(3-17)19-10/h2,6-9,18-19H,3H2,1H3,(H2,13,15,16);2,6-9,17-18H,3H2,1H3,(H,14,15,19);2,4,7-10,17-18H,3H2,1H3/t2*6-,7-,8-,9+;7-,8-,9-,10+/m111/s1. The fourth-order valence-corrected chi connectivity index (χ4v) is 6.91. The van der Waals surface area contributed by atoms with Crippen LogP contribution in [-0.2, 0) is 14.2 Å². The minimum atomic E-state index is -1.73. The number of aromatic nitrogens is 12. The summed E-state index contributed by atoms with van der Waals surface area (Å²) in [6.45, 7) is 3.59. The lowest BCUT2D eigenvalue weighted by Crippen LogP contribution is -2.30. The number of halogens is 3. The van der Waals surface area contributed by atoms with Crippen LogP contribution in [0.25, 0.3) is 16.9 Å². The Labute approximate surface area is 328 Å².